The van der Waals surface area contributed by atoms with Gasteiger partial charge in [-0.15, -0.1) is 0 Å². The number of rotatable bonds is 7. The second-order valence-electron chi connectivity index (χ2n) is 7.99. The van der Waals surface area contributed by atoms with Crippen molar-refractivity contribution in [3.8, 4) is 11.5 Å². The number of esters is 1. The molecule has 0 unspecified atom stereocenters. The van der Waals surface area contributed by atoms with Gasteiger partial charge in [0.25, 0.3) is 5.91 Å². The number of piperazine rings is 1. The number of nitrogens with zero attached hydrogens (tertiary/aromatic N) is 2. The van der Waals surface area contributed by atoms with Gasteiger partial charge in [-0.25, -0.2) is 0 Å². The van der Waals surface area contributed by atoms with E-state index in [1.165, 1.54) is 11.1 Å². The summed E-state index contributed by atoms with van der Waals surface area (Å²) in [6, 6.07) is 14.1. The largest absolute Gasteiger partial charge is 0.456 e. The Morgan fingerprint density at radius 2 is 1.77 bits per heavy atom. The number of hydrogen-bond donors (Lipinski definition) is 0. The molecule has 0 spiro atoms. The van der Waals surface area contributed by atoms with E-state index in [0.717, 1.165) is 30.9 Å². The van der Waals surface area contributed by atoms with Crippen LogP contribution in [0.1, 0.15) is 23.1 Å². The van der Waals surface area contributed by atoms with Gasteiger partial charge in [0, 0.05) is 39.1 Å². The highest BCUT2D eigenvalue weighted by molar-refractivity contribution is 5.80. The summed E-state index contributed by atoms with van der Waals surface area (Å²) in [5.41, 5.74) is 3.51. The van der Waals surface area contributed by atoms with E-state index in [1.54, 1.807) is 4.90 Å². The quantitative estimate of drug-likeness (QED) is 0.637. The van der Waals surface area contributed by atoms with Crippen molar-refractivity contribution >= 4 is 11.9 Å². The second-order valence-corrected chi connectivity index (χ2v) is 7.99. The van der Waals surface area contributed by atoms with Gasteiger partial charge in [-0.3, -0.25) is 14.5 Å². The summed E-state index contributed by atoms with van der Waals surface area (Å²) in [5, 5.41) is 0. The molecular weight excluding hydrogens is 396 g/mol. The summed E-state index contributed by atoms with van der Waals surface area (Å²) in [6.07, 6.45) is 0.749. The molecule has 7 heteroatoms. The molecule has 2 aliphatic heterocycles. The average molecular weight is 424 g/mol. The van der Waals surface area contributed by atoms with Crippen LogP contribution in [0.15, 0.2) is 42.5 Å². The molecule has 0 N–H and O–H groups in total. The lowest BCUT2D eigenvalue weighted by Gasteiger charge is -2.34. The van der Waals surface area contributed by atoms with Crippen LogP contribution in [0.2, 0.25) is 0 Å². The summed E-state index contributed by atoms with van der Waals surface area (Å²) < 4.78 is 15.8. The summed E-state index contributed by atoms with van der Waals surface area (Å²) >= 11 is 0. The van der Waals surface area contributed by atoms with Gasteiger partial charge in [0.15, 0.2) is 18.1 Å². The van der Waals surface area contributed by atoms with E-state index in [4.69, 9.17) is 14.2 Å². The Hall–Kier alpha value is -3.06. The van der Waals surface area contributed by atoms with Crippen LogP contribution in [0.3, 0.4) is 0 Å². The average Bonchev–Trinajstić information content (AvgIpc) is 3.24. The Balaban J connectivity index is 1.15. The van der Waals surface area contributed by atoms with Crippen LogP contribution in [0.5, 0.6) is 11.5 Å². The molecule has 0 saturated carbocycles. The fourth-order valence-corrected chi connectivity index (χ4v) is 3.87. The summed E-state index contributed by atoms with van der Waals surface area (Å²) in [7, 11) is 0. The van der Waals surface area contributed by atoms with E-state index < -0.39 is 0 Å². The zero-order valence-electron chi connectivity index (χ0n) is 17.8. The van der Waals surface area contributed by atoms with Crippen molar-refractivity contribution in [3.63, 3.8) is 0 Å². The van der Waals surface area contributed by atoms with Crippen LogP contribution in [0, 0.1) is 6.92 Å². The monoisotopic (exact) mass is 424 g/mol. The fraction of sp³-hybridized carbons (Fsp3) is 0.417. The number of ether oxygens (including phenoxy) is 3. The molecule has 1 fully saturated rings. The lowest BCUT2D eigenvalue weighted by Crippen LogP contribution is -2.49. The topological polar surface area (TPSA) is 68.3 Å². The number of carbonyl (C=O) groups excluding carboxylic acids is 2. The molecule has 4 rings (SSSR count). The molecule has 7 nitrogen and oxygen atoms in total. The van der Waals surface area contributed by atoms with Crippen molar-refractivity contribution < 1.29 is 23.8 Å². The van der Waals surface area contributed by atoms with E-state index in [0.29, 0.717) is 25.3 Å². The predicted octanol–water partition coefficient (Wildman–Crippen LogP) is 2.54. The van der Waals surface area contributed by atoms with Crippen molar-refractivity contribution in [2.24, 2.45) is 0 Å². The highest BCUT2D eigenvalue weighted by Crippen LogP contribution is 2.32. The first kappa shape index (κ1) is 21.2. The molecule has 31 heavy (non-hydrogen) atoms. The van der Waals surface area contributed by atoms with Gasteiger partial charge in [-0.05, 0) is 36.6 Å². The fourth-order valence-electron chi connectivity index (χ4n) is 3.87. The van der Waals surface area contributed by atoms with Crippen LogP contribution < -0.4 is 9.47 Å². The third-order valence-electron chi connectivity index (χ3n) is 5.63. The van der Waals surface area contributed by atoms with E-state index in [-0.39, 0.29) is 31.7 Å². The Morgan fingerprint density at radius 3 is 2.58 bits per heavy atom. The smallest absolute Gasteiger partial charge is 0.306 e. The number of aryl methyl sites for hydroxylation is 2. The molecule has 1 amide bonds. The van der Waals surface area contributed by atoms with Gasteiger partial charge in [-0.2, -0.15) is 0 Å². The minimum Gasteiger partial charge on any atom is -0.456 e. The third-order valence-corrected chi connectivity index (χ3v) is 5.63. The Labute approximate surface area is 182 Å². The first-order valence-corrected chi connectivity index (χ1v) is 10.7. The molecule has 164 valence electrons. The van der Waals surface area contributed by atoms with Crippen molar-refractivity contribution in [2.45, 2.75) is 26.3 Å². The van der Waals surface area contributed by atoms with Gasteiger partial charge in [0.1, 0.15) is 0 Å². The molecule has 0 aromatic heterocycles. The summed E-state index contributed by atoms with van der Waals surface area (Å²) in [6.45, 7) is 5.95. The SMILES string of the molecule is Cc1cccc(CN2CCN(C(=O)COC(=O)CCc3ccc4c(c3)OCO4)CC2)c1. The van der Waals surface area contributed by atoms with Crippen LogP contribution in [-0.4, -0.2) is 61.3 Å². The molecule has 2 aromatic rings. The normalized spacial score (nSPS) is 15.7. The number of fused-ring (bicyclic) bond motifs is 1. The molecule has 0 bridgehead atoms. The Bertz CT molecular complexity index is 937. The van der Waals surface area contributed by atoms with Crippen molar-refractivity contribution in [1.29, 1.82) is 0 Å². The maximum Gasteiger partial charge on any atom is 0.306 e. The van der Waals surface area contributed by atoms with E-state index in [1.807, 2.05) is 18.2 Å². The first-order valence-electron chi connectivity index (χ1n) is 10.7. The highest BCUT2D eigenvalue weighted by Gasteiger charge is 2.22. The van der Waals surface area contributed by atoms with Crippen molar-refractivity contribution in [1.82, 2.24) is 9.80 Å². The van der Waals surface area contributed by atoms with Crippen molar-refractivity contribution in [2.75, 3.05) is 39.6 Å². The van der Waals surface area contributed by atoms with Gasteiger partial charge in [0.05, 0.1) is 0 Å². The number of amides is 1. The molecule has 2 heterocycles. The van der Waals surface area contributed by atoms with Crippen LogP contribution in [0.4, 0.5) is 0 Å². The molecule has 2 aliphatic rings. The van der Waals surface area contributed by atoms with Gasteiger partial charge in [0.2, 0.25) is 6.79 Å². The standard InChI is InChI=1S/C24H28N2O5/c1-18-3-2-4-20(13-18)15-25-9-11-26(12-10-25)23(27)16-29-24(28)8-6-19-5-7-21-22(14-19)31-17-30-21/h2-5,7,13-14H,6,8-12,15-17H2,1H3. The van der Waals surface area contributed by atoms with Gasteiger partial charge in [-0.1, -0.05) is 35.9 Å². The molecule has 1 saturated heterocycles. The van der Waals surface area contributed by atoms with Crippen LogP contribution >= 0.6 is 0 Å². The second kappa shape index (κ2) is 9.83. The van der Waals surface area contributed by atoms with Gasteiger partial charge < -0.3 is 19.1 Å². The Kier molecular flexibility index (Phi) is 6.72. The number of hydrogen-bond acceptors (Lipinski definition) is 6. The predicted molar refractivity (Wildman–Crippen MR) is 115 cm³/mol. The van der Waals surface area contributed by atoms with Crippen LogP contribution in [-0.2, 0) is 27.3 Å². The highest BCUT2D eigenvalue weighted by atomic mass is 16.7. The Morgan fingerprint density at radius 1 is 0.968 bits per heavy atom. The number of benzene rings is 2. The van der Waals surface area contributed by atoms with E-state index in [2.05, 4.69) is 36.1 Å². The van der Waals surface area contributed by atoms with Crippen molar-refractivity contribution in [3.05, 3.63) is 59.2 Å². The molecule has 2 aromatic carbocycles. The molecular formula is C24H28N2O5. The maximum absolute atomic E-state index is 12.4. The summed E-state index contributed by atoms with van der Waals surface area (Å²) in [5.74, 6) is 0.911. The van der Waals surface area contributed by atoms with Crippen LogP contribution in [0.25, 0.3) is 0 Å². The number of carbonyl (C=O) groups is 2. The first-order chi connectivity index (χ1) is 15.1. The maximum atomic E-state index is 12.4. The van der Waals surface area contributed by atoms with E-state index >= 15 is 0 Å². The molecule has 0 atom stereocenters. The lowest BCUT2D eigenvalue weighted by atomic mass is 10.1. The van der Waals surface area contributed by atoms with E-state index in [9.17, 15) is 9.59 Å². The minimum atomic E-state index is -0.371. The zero-order chi connectivity index (χ0) is 21.6. The molecule has 0 radical (unpaired) electrons. The minimum absolute atomic E-state index is 0.133. The van der Waals surface area contributed by atoms with Gasteiger partial charge >= 0.3 is 5.97 Å². The summed E-state index contributed by atoms with van der Waals surface area (Å²) in [4.78, 5) is 28.6. The lowest BCUT2D eigenvalue weighted by molar-refractivity contribution is -0.152. The molecule has 0 aliphatic carbocycles. The third kappa shape index (κ3) is 5.76. The zero-order valence-corrected chi connectivity index (χ0v) is 17.8.